The standard InChI is InChI=1S/C24H38N4O/c29-24(27-13-4-2-1-3-5-14-27)22-9-7-15-28(20-22)23-10-16-26(17-11-23)19-21-8-6-12-25-18-21/h6,8,12,18,22-23H,1-5,7,9-11,13-17,19-20H2. The molecule has 5 nitrogen and oxygen atoms in total. The Hall–Kier alpha value is -1.46. The smallest absolute Gasteiger partial charge is 0.226 e. The highest BCUT2D eigenvalue weighted by molar-refractivity contribution is 5.79. The van der Waals surface area contributed by atoms with E-state index in [0.717, 1.165) is 45.7 Å². The van der Waals surface area contributed by atoms with Gasteiger partial charge >= 0.3 is 0 Å². The molecule has 1 atom stereocenters. The molecule has 3 fully saturated rings. The number of hydrogen-bond donors (Lipinski definition) is 0. The van der Waals surface area contributed by atoms with Crippen LogP contribution in [0.1, 0.15) is 63.4 Å². The first-order chi connectivity index (χ1) is 14.3. The fourth-order valence-corrected chi connectivity index (χ4v) is 5.46. The van der Waals surface area contributed by atoms with E-state index in [1.54, 1.807) is 0 Å². The number of pyridine rings is 1. The third-order valence-corrected chi connectivity index (χ3v) is 7.17. The van der Waals surface area contributed by atoms with E-state index in [0.29, 0.717) is 11.9 Å². The van der Waals surface area contributed by atoms with Gasteiger partial charge in [0, 0.05) is 44.6 Å². The zero-order valence-electron chi connectivity index (χ0n) is 18.0. The van der Waals surface area contributed by atoms with Gasteiger partial charge in [-0.1, -0.05) is 25.3 Å². The summed E-state index contributed by atoms with van der Waals surface area (Å²) >= 11 is 0. The zero-order chi connectivity index (χ0) is 19.9. The Morgan fingerprint density at radius 2 is 1.69 bits per heavy atom. The lowest BCUT2D eigenvalue weighted by Crippen LogP contribution is -2.51. The summed E-state index contributed by atoms with van der Waals surface area (Å²) in [6.45, 7) is 7.46. The zero-order valence-corrected chi connectivity index (χ0v) is 18.0. The van der Waals surface area contributed by atoms with Crippen molar-refractivity contribution in [3.63, 3.8) is 0 Å². The summed E-state index contributed by atoms with van der Waals surface area (Å²) in [6.07, 6.45) is 14.9. The number of piperidine rings is 2. The maximum atomic E-state index is 13.2. The first kappa shape index (κ1) is 20.8. The molecule has 3 saturated heterocycles. The number of rotatable bonds is 4. The first-order valence-electron chi connectivity index (χ1n) is 11.9. The molecule has 0 bridgehead atoms. The van der Waals surface area contributed by atoms with Crippen LogP contribution in [0.5, 0.6) is 0 Å². The predicted octanol–water partition coefficient (Wildman–Crippen LogP) is 3.55. The van der Waals surface area contributed by atoms with Crippen LogP contribution in [0.15, 0.2) is 24.5 Å². The third-order valence-electron chi connectivity index (χ3n) is 7.17. The van der Waals surface area contributed by atoms with E-state index < -0.39 is 0 Å². The van der Waals surface area contributed by atoms with Gasteiger partial charge in [0.05, 0.1) is 5.92 Å². The Labute approximate surface area is 176 Å². The summed E-state index contributed by atoms with van der Waals surface area (Å²) in [5.74, 6) is 0.683. The molecule has 5 heteroatoms. The van der Waals surface area contributed by atoms with Gasteiger partial charge in [-0.25, -0.2) is 0 Å². The molecule has 1 unspecified atom stereocenters. The van der Waals surface area contributed by atoms with Crippen molar-refractivity contribution in [3.8, 4) is 0 Å². The molecule has 1 aromatic heterocycles. The molecular weight excluding hydrogens is 360 g/mol. The van der Waals surface area contributed by atoms with E-state index in [9.17, 15) is 4.79 Å². The number of amides is 1. The summed E-state index contributed by atoms with van der Waals surface area (Å²) in [4.78, 5) is 24.8. The molecule has 0 aromatic carbocycles. The first-order valence-corrected chi connectivity index (χ1v) is 11.9. The second kappa shape index (κ2) is 10.5. The molecule has 4 heterocycles. The van der Waals surface area contributed by atoms with Crippen LogP contribution >= 0.6 is 0 Å². The van der Waals surface area contributed by atoms with Crippen LogP contribution in [0.2, 0.25) is 0 Å². The van der Waals surface area contributed by atoms with Gasteiger partial charge in [0.15, 0.2) is 0 Å². The van der Waals surface area contributed by atoms with Crippen molar-refractivity contribution in [2.45, 2.75) is 70.4 Å². The summed E-state index contributed by atoms with van der Waals surface area (Å²) in [5.41, 5.74) is 1.31. The van der Waals surface area contributed by atoms with E-state index in [2.05, 4.69) is 25.8 Å². The van der Waals surface area contributed by atoms with Crippen molar-refractivity contribution >= 4 is 5.91 Å². The van der Waals surface area contributed by atoms with Gasteiger partial charge in [-0.3, -0.25) is 19.6 Å². The van der Waals surface area contributed by atoms with Gasteiger partial charge in [-0.05, 0) is 69.8 Å². The van der Waals surface area contributed by atoms with Crippen molar-refractivity contribution in [3.05, 3.63) is 30.1 Å². The molecule has 1 aromatic rings. The Kier molecular flexibility index (Phi) is 7.55. The molecule has 29 heavy (non-hydrogen) atoms. The quantitative estimate of drug-likeness (QED) is 0.778. The molecule has 3 aliphatic rings. The summed E-state index contributed by atoms with van der Waals surface area (Å²) in [7, 11) is 0. The van der Waals surface area contributed by atoms with E-state index in [1.165, 1.54) is 63.5 Å². The maximum absolute atomic E-state index is 13.2. The van der Waals surface area contributed by atoms with Gasteiger partial charge in [0.1, 0.15) is 0 Å². The van der Waals surface area contributed by atoms with Crippen LogP contribution in [0.25, 0.3) is 0 Å². The van der Waals surface area contributed by atoms with Gasteiger partial charge in [0.25, 0.3) is 0 Å². The number of aromatic nitrogens is 1. The van der Waals surface area contributed by atoms with Gasteiger partial charge < -0.3 is 4.90 Å². The Morgan fingerprint density at radius 3 is 2.41 bits per heavy atom. The lowest BCUT2D eigenvalue weighted by atomic mass is 9.92. The number of hydrogen-bond acceptors (Lipinski definition) is 4. The van der Waals surface area contributed by atoms with Crippen molar-refractivity contribution < 1.29 is 4.79 Å². The number of nitrogens with zero attached hydrogens (tertiary/aromatic N) is 4. The van der Waals surface area contributed by atoms with Gasteiger partial charge in [-0.2, -0.15) is 0 Å². The lowest BCUT2D eigenvalue weighted by molar-refractivity contribution is -0.138. The monoisotopic (exact) mass is 398 g/mol. The molecular formula is C24H38N4O. The molecule has 3 aliphatic heterocycles. The third kappa shape index (κ3) is 5.79. The fraction of sp³-hybridized carbons (Fsp3) is 0.750. The normalized spacial score (nSPS) is 26.1. The maximum Gasteiger partial charge on any atom is 0.226 e. The number of carbonyl (C=O) groups is 1. The second-order valence-electron chi connectivity index (χ2n) is 9.30. The van der Waals surface area contributed by atoms with Crippen molar-refractivity contribution in [1.29, 1.82) is 0 Å². The topological polar surface area (TPSA) is 39.7 Å². The average molecular weight is 399 g/mol. The van der Waals surface area contributed by atoms with E-state index in [1.807, 2.05) is 18.5 Å². The van der Waals surface area contributed by atoms with Gasteiger partial charge in [-0.15, -0.1) is 0 Å². The predicted molar refractivity (Wildman–Crippen MR) is 116 cm³/mol. The Balaban J connectivity index is 1.26. The van der Waals surface area contributed by atoms with Gasteiger partial charge in [0.2, 0.25) is 5.91 Å². The highest BCUT2D eigenvalue weighted by Gasteiger charge is 2.33. The summed E-state index contributed by atoms with van der Waals surface area (Å²) in [6, 6.07) is 4.85. The Morgan fingerprint density at radius 1 is 0.931 bits per heavy atom. The van der Waals surface area contributed by atoms with E-state index >= 15 is 0 Å². The van der Waals surface area contributed by atoms with Crippen LogP contribution in [0, 0.1) is 5.92 Å². The molecule has 0 N–H and O–H groups in total. The molecule has 0 saturated carbocycles. The lowest BCUT2D eigenvalue weighted by Gasteiger charge is -2.43. The number of carbonyl (C=O) groups excluding carboxylic acids is 1. The molecule has 0 radical (unpaired) electrons. The highest BCUT2D eigenvalue weighted by atomic mass is 16.2. The fourth-order valence-electron chi connectivity index (χ4n) is 5.46. The summed E-state index contributed by atoms with van der Waals surface area (Å²) in [5, 5.41) is 0. The molecule has 0 spiro atoms. The minimum atomic E-state index is 0.233. The van der Waals surface area contributed by atoms with Crippen molar-refractivity contribution in [2.75, 3.05) is 39.3 Å². The number of likely N-dealkylation sites (tertiary alicyclic amines) is 3. The summed E-state index contributed by atoms with van der Waals surface area (Å²) < 4.78 is 0. The molecule has 4 rings (SSSR count). The molecule has 1 amide bonds. The van der Waals surface area contributed by atoms with Crippen LogP contribution in [-0.2, 0) is 11.3 Å². The van der Waals surface area contributed by atoms with E-state index in [-0.39, 0.29) is 5.92 Å². The van der Waals surface area contributed by atoms with E-state index in [4.69, 9.17) is 0 Å². The van der Waals surface area contributed by atoms with Crippen LogP contribution in [0.3, 0.4) is 0 Å². The average Bonchev–Trinajstić information content (AvgIpc) is 2.75. The van der Waals surface area contributed by atoms with Crippen LogP contribution in [-0.4, -0.2) is 70.9 Å². The van der Waals surface area contributed by atoms with Crippen LogP contribution in [0.4, 0.5) is 0 Å². The minimum absolute atomic E-state index is 0.233. The second-order valence-corrected chi connectivity index (χ2v) is 9.30. The molecule has 0 aliphatic carbocycles. The minimum Gasteiger partial charge on any atom is -0.342 e. The van der Waals surface area contributed by atoms with Crippen molar-refractivity contribution in [2.24, 2.45) is 5.92 Å². The highest BCUT2D eigenvalue weighted by Crippen LogP contribution is 2.26. The van der Waals surface area contributed by atoms with Crippen LogP contribution < -0.4 is 0 Å². The molecule has 160 valence electrons. The Bertz CT molecular complexity index is 621. The SMILES string of the molecule is O=C(C1CCCN(C2CCN(Cc3cccnc3)CC2)C1)N1CCCCCCC1. The van der Waals surface area contributed by atoms with Crippen molar-refractivity contribution in [1.82, 2.24) is 19.7 Å². The largest absolute Gasteiger partial charge is 0.342 e.